The number of aromatic nitrogens is 1. The fraction of sp³-hybridized carbons (Fsp3) is 0.200. The average molecular weight is 369 g/mol. The van der Waals surface area contributed by atoms with Crippen LogP contribution in [0.1, 0.15) is 24.8 Å². The molecule has 0 aliphatic carbocycles. The molecule has 3 N–H and O–H groups in total. The fourth-order valence-electron chi connectivity index (χ4n) is 1.93. The summed E-state index contributed by atoms with van der Waals surface area (Å²) in [6.45, 7) is 1.99. The van der Waals surface area contributed by atoms with Crippen molar-refractivity contribution in [1.29, 1.82) is 0 Å². The molecule has 0 spiro atoms. The zero-order valence-corrected chi connectivity index (χ0v) is 13.8. The van der Waals surface area contributed by atoms with Gasteiger partial charge >= 0.3 is 0 Å². The van der Waals surface area contributed by atoms with E-state index < -0.39 is 0 Å². The van der Waals surface area contributed by atoms with Crippen molar-refractivity contribution in [1.82, 2.24) is 4.98 Å². The summed E-state index contributed by atoms with van der Waals surface area (Å²) in [5.41, 5.74) is 7.93. The highest BCUT2D eigenvalue weighted by Gasteiger charge is 2.13. The molecule has 21 heavy (non-hydrogen) atoms. The van der Waals surface area contributed by atoms with Crippen molar-refractivity contribution in [2.75, 3.05) is 11.1 Å². The molecule has 0 saturated heterocycles. The number of carbonyl (C=O) groups is 1. The summed E-state index contributed by atoms with van der Waals surface area (Å²) in [5.74, 6) is -0.0226. The van der Waals surface area contributed by atoms with Gasteiger partial charge in [0, 0.05) is 22.8 Å². The van der Waals surface area contributed by atoms with Gasteiger partial charge in [-0.25, -0.2) is 4.98 Å². The molecule has 0 aliphatic rings. The highest BCUT2D eigenvalue weighted by atomic mass is 79.9. The number of nitrogens with zero attached hydrogens (tertiary/aromatic N) is 1. The molecule has 6 heteroatoms. The van der Waals surface area contributed by atoms with Crippen molar-refractivity contribution >= 4 is 44.8 Å². The first kappa shape index (κ1) is 15.8. The second-order valence-corrected chi connectivity index (χ2v) is 6.09. The number of nitrogens with two attached hydrogens (primary N) is 1. The number of hydrogen-bond donors (Lipinski definition) is 2. The van der Waals surface area contributed by atoms with Crippen LogP contribution in [-0.4, -0.2) is 10.9 Å². The number of pyridine rings is 1. The quantitative estimate of drug-likeness (QED) is 0.627. The first-order valence-electron chi connectivity index (χ1n) is 6.42. The standard InChI is InChI=1S/C15H15BrClN3O/c1-9(10-2-4-12(18)5-3-10)6-14(21)20-13-7-11(16)8-19-15(13)17/h2-5,7-9H,6,18H2,1H3,(H,20,21). The number of carbonyl (C=O) groups excluding carboxylic acids is 1. The van der Waals surface area contributed by atoms with Crippen LogP contribution in [0.4, 0.5) is 11.4 Å². The van der Waals surface area contributed by atoms with Crippen LogP contribution in [0.25, 0.3) is 0 Å². The van der Waals surface area contributed by atoms with Crippen LogP contribution in [0.3, 0.4) is 0 Å². The van der Waals surface area contributed by atoms with Crippen molar-refractivity contribution in [2.45, 2.75) is 19.3 Å². The first-order chi connectivity index (χ1) is 9.95. The minimum Gasteiger partial charge on any atom is -0.399 e. The van der Waals surface area contributed by atoms with E-state index in [1.807, 2.05) is 31.2 Å². The van der Waals surface area contributed by atoms with Crippen LogP contribution in [-0.2, 0) is 4.79 Å². The maximum atomic E-state index is 12.1. The lowest BCUT2D eigenvalue weighted by molar-refractivity contribution is -0.116. The molecule has 1 atom stereocenters. The van der Waals surface area contributed by atoms with Gasteiger partial charge in [0.2, 0.25) is 5.91 Å². The summed E-state index contributed by atoms with van der Waals surface area (Å²) >= 11 is 9.25. The van der Waals surface area contributed by atoms with Gasteiger partial charge in [-0.05, 0) is 45.6 Å². The van der Waals surface area contributed by atoms with Gasteiger partial charge in [-0.2, -0.15) is 0 Å². The zero-order valence-electron chi connectivity index (χ0n) is 11.4. The van der Waals surface area contributed by atoms with Crippen LogP contribution in [0.2, 0.25) is 5.15 Å². The minimum atomic E-state index is -0.110. The number of nitrogen functional groups attached to an aromatic ring is 1. The maximum Gasteiger partial charge on any atom is 0.225 e. The summed E-state index contributed by atoms with van der Waals surface area (Å²) in [6.07, 6.45) is 1.93. The van der Waals surface area contributed by atoms with E-state index in [1.54, 1.807) is 12.3 Å². The Hall–Kier alpha value is -1.59. The molecule has 110 valence electrons. The third-order valence-electron chi connectivity index (χ3n) is 3.08. The second-order valence-electron chi connectivity index (χ2n) is 4.81. The van der Waals surface area contributed by atoms with E-state index in [-0.39, 0.29) is 17.0 Å². The third-order valence-corrected chi connectivity index (χ3v) is 3.81. The van der Waals surface area contributed by atoms with E-state index in [2.05, 4.69) is 26.2 Å². The average Bonchev–Trinajstić information content (AvgIpc) is 2.43. The highest BCUT2D eigenvalue weighted by molar-refractivity contribution is 9.10. The molecule has 2 rings (SSSR count). The molecule has 0 aliphatic heterocycles. The number of anilines is 2. The van der Waals surface area contributed by atoms with E-state index in [9.17, 15) is 4.79 Å². The maximum absolute atomic E-state index is 12.1. The van der Waals surface area contributed by atoms with E-state index in [1.165, 1.54) is 0 Å². The van der Waals surface area contributed by atoms with Crippen molar-refractivity contribution in [3.05, 3.63) is 51.7 Å². The van der Waals surface area contributed by atoms with Crippen LogP contribution in [0.15, 0.2) is 41.0 Å². The van der Waals surface area contributed by atoms with Gasteiger partial charge in [-0.1, -0.05) is 30.7 Å². The minimum absolute atomic E-state index is 0.0875. The summed E-state index contributed by atoms with van der Waals surface area (Å²) in [6, 6.07) is 9.25. The predicted molar refractivity (Wildman–Crippen MR) is 89.5 cm³/mol. The number of rotatable bonds is 4. The number of amides is 1. The summed E-state index contributed by atoms with van der Waals surface area (Å²) < 4.78 is 0.758. The molecule has 2 aromatic rings. The van der Waals surface area contributed by atoms with Gasteiger partial charge in [0.05, 0.1) is 5.69 Å². The number of hydrogen-bond acceptors (Lipinski definition) is 3. The summed E-state index contributed by atoms with van der Waals surface area (Å²) in [7, 11) is 0. The lowest BCUT2D eigenvalue weighted by Crippen LogP contribution is -2.15. The monoisotopic (exact) mass is 367 g/mol. The lowest BCUT2D eigenvalue weighted by atomic mass is 9.97. The Kier molecular flexibility index (Phi) is 5.20. The van der Waals surface area contributed by atoms with Gasteiger partial charge in [0.15, 0.2) is 5.15 Å². The largest absolute Gasteiger partial charge is 0.399 e. The van der Waals surface area contributed by atoms with Gasteiger partial charge in [0.25, 0.3) is 0 Å². The van der Waals surface area contributed by atoms with Crippen LogP contribution >= 0.6 is 27.5 Å². The molecule has 1 aromatic carbocycles. The van der Waals surface area contributed by atoms with Crippen molar-refractivity contribution in [3.8, 4) is 0 Å². The van der Waals surface area contributed by atoms with Crippen LogP contribution in [0, 0.1) is 0 Å². The molecule has 0 bridgehead atoms. The lowest BCUT2D eigenvalue weighted by Gasteiger charge is -2.13. The molecule has 1 unspecified atom stereocenters. The van der Waals surface area contributed by atoms with Crippen molar-refractivity contribution in [3.63, 3.8) is 0 Å². The van der Waals surface area contributed by atoms with Gasteiger partial charge in [-0.3, -0.25) is 4.79 Å². The van der Waals surface area contributed by atoms with Gasteiger partial charge in [-0.15, -0.1) is 0 Å². The van der Waals surface area contributed by atoms with E-state index in [0.29, 0.717) is 17.8 Å². The number of benzene rings is 1. The topological polar surface area (TPSA) is 68.0 Å². The van der Waals surface area contributed by atoms with Gasteiger partial charge < -0.3 is 11.1 Å². The van der Waals surface area contributed by atoms with E-state index in [0.717, 1.165) is 10.0 Å². The predicted octanol–water partition coefficient (Wildman–Crippen LogP) is 4.21. The number of nitrogens with one attached hydrogen (secondary N) is 1. The molecule has 1 amide bonds. The molecular formula is C15H15BrClN3O. The Bertz CT molecular complexity index is 646. The van der Waals surface area contributed by atoms with Crippen molar-refractivity contribution in [2.24, 2.45) is 0 Å². The van der Waals surface area contributed by atoms with Crippen LogP contribution in [0.5, 0.6) is 0 Å². The molecule has 0 fully saturated rings. The fourth-order valence-corrected chi connectivity index (χ4v) is 2.41. The molecule has 0 radical (unpaired) electrons. The molecule has 4 nitrogen and oxygen atoms in total. The van der Waals surface area contributed by atoms with Gasteiger partial charge in [0.1, 0.15) is 0 Å². The Morgan fingerprint density at radius 2 is 2.10 bits per heavy atom. The van der Waals surface area contributed by atoms with Crippen molar-refractivity contribution < 1.29 is 4.79 Å². The highest BCUT2D eigenvalue weighted by Crippen LogP contribution is 2.25. The van der Waals surface area contributed by atoms with E-state index >= 15 is 0 Å². The number of halogens is 2. The SMILES string of the molecule is CC(CC(=O)Nc1cc(Br)cnc1Cl)c1ccc(N)cc1. The summed E-state index contributed by atoms with van der Waals surface area (Å²) in [4.78, 5) is 16.1. The smallest absolute Gasteiger partial charge is 0.225 e. The Morgan fingerprint density at radius 1 is 1.43 bits per heavy atom. The summed E-state index contributed by atoms with van der Waals surface area (Å²) in [5, 5.41) is 3.05. The van der Waals surface area contributed by atoms with E-state index in [4.69, 9.17) is 17.3 Å². The first-order valence-corrected chi connectivity index (χ1v) is 7.59. The molecule has 1 heterocycles. The second kappa shape index (κ2) is 6.91. The van der Waals surface area contributed by atoms with Crippen LogP contribution < -0.4 is 11.1 Å². The molecular weight excluding hydrogens is 354 g/mol. The Morgan fingerprint density at radius 3 is 2.76 bits per heavy atom. The normalized spacial score (nSPS) is 12.0. The Balaban J connectivity index is 2.01. The zero-order chi connectivity index (χ0) is 15.4. The molecule has 0 saturated carbocycles. The third kappa shape index (κ3) is 4.44. The molecule has 1 aromatic heterocycles. The Labute approximate surface area is 136 Å².